The summed E-state index contributed by atoms with van der Waals surface area (Å²) >= 11 is 4.19. The molecule has 4 nitrogen and oxygen atoms in total. The third kappa shape index (κ3) is 2.88. The van der Waals surface area contributed by atoms with E-state index in [-0.39, 0.29) is 16.1 Å². The molecule has 2 rings (SSSR count). The van der Waals surface area contributed by atoms with Crippen LogP contribution in [0.25, 0.3) is 0 Å². The maximum Gasteiger partial charge on any atom is 0.348 e. The van der Waals surface area contributed by atoms with E-state index in [4.69, 9.17) is 5.11 Å². The van der Waals surface area contributed by atoms with Crippen LogP contribution in [0.4, 0.5) is 10.1 Å². The number of carbonyl (C=O) groups excluding carboxylic acids is 1. The van der Waals surface area contributed by atoms with Gasteiger partial charge in [-0.15, -0.1) is 11.3 Å². The first-order valence-electron chi connectivity index (χ1n) is 5.48. The Bertz CT molecular complexity index is 699. The molecule has 0 bridgehead atoms. The highest BCUT2D eigenvalue weighted by atomic mass is 79.9. The molecule has 2 aromatic rings. The first-order chi connectivity index (χ1) is 9.40. The van der Waals surface area contributed by atoms with Gasteiger partial charge < -0.3 is 10.4 Å². The van der Waals surface area contributed by atoms with Crippen molar-refractivity contribution in [3.05, 3.63) is 49.9 Å². The van der Waals surface area contributed by atoms with E-state index < -0.39 is 17.7 Å². The Kier molecular flexibility index (Phi) is 4.20. The molecular formula is C13H9BrFNO3S. The lowest BCUT2D eigenvalue weighted by Gasteiger charge is -2.08. The molecule has 0 spiro atoms. The quantitative estimate of drug-likeness (QED) is 0.874. The van der Waals surface area contributed by atoms with Gasteiger partial charge >= 0.3 is 5.97 Å². The highest BCUT2D eigenvalue weighted by Crippen LogP contribution is 2.29. The molecule has 0 saturated carbocycles. The Balaban J connectivity index is 2.35. The summed E-state index contributed by atoms with van der Waals surface area (Å²) < 4.78 is 13.6. The molecule has 0 saturated heterocycles. The zero-order chi connectivity index (χ0) is 14.9. The number of carboxylic acids is 1. The van der Waals surface area contributed by atoms with Crippen molar-refractivity contribution in [3.8, 4) is 0 Å². The van der Waals surface area contributed by atoms with Gasteiger partial charge in [-0.3, -0.25) is 4.79 Å². The second kappa shape index (κ2) is 5.72. The molecule has 104 valence electrons. The summed E-state index contributed by atoms with van der Waals surface area (Å²) in [5.41, 5.74) is 0.990. The normalized spacial score (nSPS) is 10.3. The number of carbonyl (C=O) groups is 2. The van der Waals surface area contributed by atoms with Crippen LogP contribution in [0.3, 0.4) is 0 Å². The predicted octanol–water partition coefficient (Wildman–Crippen LogP) is 3.91. The van der Waals surface area contributed by atoms with Crippen LogP contribution in [0.15, 0.2) is 28.1 Å². The lowest BCUT2D eigenvalue weighted by Crippen LogP contribution is -2.15. The van der Waals surface area contributed by atoms with Gasteiger partial charge in [-0.2, -0.15) is 0 Å². The maximum atomic E-state index is 13.2. The Morgan fingerprint density at radius 2 is 2.10 bits per heavy atom. The first-order valence-corrected chi connectivity index (χ1v) is 7.15. The monoisotopic (exact) mass is 357 g/mol. The van der Waals surface area contributed by atoms with Crippen LogP contribution in [0, 0.1) is 12.7 Å². The van der Waals surface area contributed by atoms with Crippen LogP contribution in [0.2, 0.25) is 0 Å². The van der Waals surface area contributed by atoms with E-state index in [1.165, 1.54) is 12.1 Å². The third-order valence-electron chi connectivity index (χ3n) is 2.58. The SMILES string of the molecule is Cc1csc(C(=O)O)c1NC(=O)c1cc(F)ccc1Br. The van der Waals surface area contributed by atoms with E-state index in [0.717, 1.165) is 17.4 Å². The zero-order valence-corrected chi connectivity index (χ0v) is 12.6. The van der Waals surface area contributed by atoms with E-state index >= 15 is 0 Å². The third-order valence-corrected chi connectivity index (χ3v) is 4.36. The Labute approximate surface area is 126 Å². The fourth-order valence-electron chi connectivity index (χ4n) is 1.61. The fourth-order valence-corrected chi connectivity index (χ4v) is 2.88. The number of halogens is 2. The van der Waals surface area contributed by atoms with Gasteiger partial charge in [0.05, 0.1) is 11.3 Å². The molecule has 0 aliphatic rings. The van der Waals surface area contributed by atoms with Gasteiger partial charge in [0.2, 0.25) is 0 Å². The van der Waals surface area contributed by atoms with Crippen LogP contribution in [-0.4, -0.2) is 17.0 Å². The summed E-state index contributed by atoms with van der Waals surface area (Å²) in [5.74, 6) is -2.23. The predicted molar refractivity (Wildman–Crippen MR) is 78.1 cm³/mol. The number of carboxylic acid groups (broad SMARTS) is 1. The Morgan fingerprint density at radius 1 is 1.40 bits per heavy atom. The molecular weight excluding hydrogens is 349 g/mol. The molecule has 0 radical (unpaired) electrons. The van der Waals surface area contributed by atoms with Crippen LogP contribution >= 0.6 is 27.3 Å². The van der Waals surface area contributed by atoms with Gasteiger partial charge in [-0.25, -0.2) is 9.18 Å². The Morgan fingerprint density at radius 3 is 2.75 bits per heavy atom. The van der Waals surface area contributed by atoms with E-state index in [2.05, 4.69) is 21.2 Å². The van der Waals surface area contributed by atoms with Crippen LogP contribution in [0.5, 0.6) is 0 Å². The van der Waals surface area contributed by atoms with E-state index in [0.29, 0.717) is 10.0 Å². The van der Waals surface area contributed by atoms with Crippen molar-refractivity contribution < 1.29 is 19.1 Å². The number of hydrogen-bond donors (Lipinski definition) is 2. The molecule has 1 heterocycles. The smallest absolute Gasteiger partial charge is 0.348 e. The lowest BCUT2D eigenvalue weighted by molar-refractivity contribution is 0.0703. The standard InChI is InChI=1S/C13H9BrFNO3S/c1-6-5-20-11(13(18)19)10(6)16-12(17)8-4-7(15)2-3-9(8)14/h2-5H,1H3,(H,16,17)(H,18,19). The molecule has 20 heavy (non-hydrogen) atoms. The molecule has 0 aliphatic carbocycles. The molecule has 1 aromatic heterocycles. The highest BCUT2D eigenvalue weighted by Gasteiger charge is 2.19. The summed E-state index contributed by atoms with van der Waals surface area (Å²) in [6, 6.07) is 3.73. The van der Waals surface area contributed by atoms with Gasteiger partial charge in [-0.05, 0) is 52.0 Å². The molecule has 0 aliphatic heterocycles. The number of aromatic carboxylic acids is 1. The molecule has 7 heteroatoms. The second-order valence-corrected chi connectivity index (χ2v) is 5.74. The van der Waals surface area contributed by atoms with Gasteiger partial charge in [0.1, 0.15) is 10.7 Å². The summed E-state index contributed by atoms with van der Waals surface area (Å²) in [7, 11) is 0. The molecule has 0 atom stereocenters. The van der Waals surface area contributed by atoms with Crippen molar-refractivity contribution in [2.24, 2.45) is 0 Å². The summed E-state index contributed by atoms with van der Waals surface area (Å²) in [4.78, 5) is 23.2. The fraction of sp³-hybridized carbons (Fsp3) is 0.0769. The Hall–Kier alpha value is -1.73. The van der Waals surface area contributed by atoms with E-state index in [9.17, 15) is 14.0 Å². The number of aryl methyl sites for hydroxylation is 1. The van der Waals surface area contributed by atoms with Crippen LogP contribution in [0.1, 0.15) is 25.6 Å². The number of benzene rings is 1. The summed E-state index contributed by atoms with van der Waals surface area (Å²) in [5, 5.41) is 13.2. The maximum absolute atomic E-state index is 13.2. The van der Waals surface area contributed by atoms with Crippen molar-refractivity contribution in [2.45, 2.75) is 6.92 Å². The van der Waals surface area contributed by atoms with E-state index in [1.54, 1.807) is 12.3 Å². The van der Waals surface area contributed by atoms with Gasteiger partial charge in [0.25, 0.3) is 5.91 Å². The first kappa shape index (κ1) is 14.7. The minimum Gasteiger partial charge on any atom is -0.477 e. The molecule has 2 N–H and O–H groups in total. The number of rotatable bonds is 3. The highest BCUT2D eigenvalue weighted by molar-refractivity contribution is 9.10. The van der Waals surface area contributed by atoms with Crippen molar-refractivity contribution in [1.82, 2.24) is 0 Å². The summed E-state index contributed by atoms with van der Waals surface area (Å²) in [6.45, 7) is 1.69. The summed E-state index contributed by atoms with van der Waals surface area (Å²) in [6.07, 6.45) is 0. The lowest BCUT2D eigenvalue weighted by atomic mass is 10.2. The number of hydrogen-bond acceptors (Lipinski definition) is 3. The second-order valence-electron chi connectivity index (χ2n) is 4.01. The van der Waals surface area contributed by atoms with Crippen molar-refractivity contribution in [3.63, 3.8) is 0 Å². The number of thiophene rings is 1. The topological polar surface area (TPSA) is 66.4 Å². The van der Waals surface area contributed by atoms with Gasteiger partial charge in [0, 0.05) is 4.47 Å². The van der Waals surface area contributed by atoms with Crippen molar-refractivity contribution >= 4 is 44.8 Å². The minimum absolute atomic E-state index is 0.0448. The number of anilines is 1. The van der Waals surface area contributed by atoms with Gasteiger partial charge in [-0.1, -0.05) is 0 Å². The van der Waals surface area contributed by atoms with Crippen molar-refractivity contribution in [1.29, 1.82) is 0 Å². The van der Waals surface area contributed by atoms with Crippen LogP contribution < -0.4 is 5.32 Å². The molecule has 0 fully saturated rings. The molecule has 0 unspecified atom stereocenters. The number of nitrogens with one attached hydrogen (secondary N) is 1. The largest absolute Gasteiger partial charge is 0.477 e. The van der Waals surface area contributed by atoms with E-state index in [1.807, 2.05) is 0 Å². The van der Waals surface area contributed by atoms with Crippen LogP contribution in [-0.2, 0) is 0 Å². The minimum atomic E-state index is -1.11. The zero-order valence-electron chi connectivity index (χ0n) is 10.2. The average Bonchev–Trinajstić information content (AvgIpc) is 2.74. The average molecular weight is 358 g/mol. The molecule has 1 aromatic carbocycles. The van der Waals surface area contributed by atoms with Crippen molar-refractivity contribution in [2.75, 3.05) is 5.32 Å². The molecule has 1 amide bonds. The van der Waals surface area contributed by atoms with Gasteiger partial charge in [0.15, 0.2) is 0 Å². The number of amides is 1.